The standard InChI is InChI=1S/C28H35N5O3/c1-2-27(34)33-17-22(18-33)31-11-7-20(8-12-31)21-4-5-26-24(16-21)30-28-23(19-36-26)25(6-9-29-28)32-10-3-14-35-15-13-32/h2,4-6,9,16,20,22H,1,3,7-8,10-15,17-19H2,(H,29,30). The van der Waals surface area contributed by atoms with Crippen LogP contribution in [-0.2, 0) is 16.1 Å². The summed E-state index contributed by atoms with van der Waals surface area (Å²) in [5.74, 6) is 2.33. The van der Waals surface area contributed by atoms with Crippen molar-refractivity contribution >= 4 is 23.1 Å². The average molecular weight is 490 g/mol. The van der Waals surface area contributed by atoms with Crippen molar-refractivity contribution in [3.8, 4) is 5.75 Å². The summed E-state index contributed by atoms with van der Waals surface area (Å²) >= 11 is 0. The van der Waals surface area contributed by atoms with Gasteiger partial charge in [-0.1, -0.05) is 12.6 Å². The number of hydrogen-bond donors (Lipinski definition) is 1. The fourth-order valence-corrected chi connectivity index (χ4v) is 5.91. The van der Waals surface area contributed by atoms with Crippen LogP contribution in [0.2, 0.25) is 0 Å². The van der Waals surface area contributed by atoms with Gasteiger partial charge in [0, 0.05) is 50.7 Å². The Morgan fingerprint density at radius 1 is 1.11 bits per heavy atom. The molecule has 0 saturated carbocycles. The van der Waals surface area contributed by atoms with E-state index in [9.17, 15) is 4.79 Å². The second-order valence-electron chi connectivity index (χ2n) is 10.2. The van der Waals surface area contributed by atoms with Crippen LogP contribution in [0, 0.1) is 0 Å². The van der Waals surface area contributed by atoms with Crippen LogP contribution in [0.4, 0.5) is 17.2 Å². The van der Waals surface area contributed by atoms with Gasteiger partial charge >= 0.3 is 0 Å². The van der Waals surface area contributed by atoms with Crippen LogP contribution in [0.1, 0.15) is 36.3 Å². The summed E-state index contributed by atoms with van der Waals surface area (Å²) < 4.78 is 11.9. The van der Waals surface area contributed by atoms with Gasteiger partial charge < -0.3 is 24.6 Å². The fraction of sp³-hybridized carbons (Fsp3) is 0.500. The SMILES string of the molecule is C=CC(=O)N1CC(N2CCC(c3ccc4c(c3)Nc3nccc(N5CCCOCC5)c3CO4)CC2)C1. The van der Waals surface area contributed by atoms with Crippen molar-refractivity contribution in [2.24, 2.45) is 0 Å². The summed E-state index contributed by atoms with van der Waals surface area (Å²) in [6, 6.07) is 9.18. The molecule has 36 heavy (non-hydrogen) atoms. The zero-order valence-electron chi connectivity index (χ0n) is 20.8. The van der Waals surface area contributed by atoms with Crippen molar-refractivity contribution in [1.82, 2.24) is 14.8 Å². The molecule has 1 aromatic carbocycles. The molecule has 0 bridgehead atoms. The van der Waals surface area contributed by atoms with Crippen molar-refractivity contribution in [2.75, 3.05) is 62.7 Å². The summed E-state index contributed by atoms with van der Waals surface area (Å²) in [5, 5.41) is 3.59. The Morgan fingerprint density at radius 3 is 2.81 bits per heavy atom. The number of anilines is 3. The van der Waals surface area contributed by atoms with E-state index >= 15 is 0 Å². The molecule has 4 aliphatic rings. The predicted molar refractivity (Wildman–Crippen MR) is 140 cm³/mol. The molecule has 6 rings (SSSR count). The Balaban J connectivity index is 1.13. The van der Waals surface area contributed by atoms with Crippen molar-refractivity contribution in [3.63, 3.8) is 0 Å². The van der Waals surface area contributed by atoms with Gasteiger partial charge in [-0.3, -0.25) is 9.69 Å². The lowest BCUT2D eigenvalue weighted by Crippen LogP contribution is -2.61. The van der Waals surface area contributed by atoms with E-state index in [-0.39, 0.29) is 5.91 Å². The molecule has 5 heterocycles. The second kappa shape index (κ2) is 10.1. The van der Waals surface area contributed by atoms with Gasteiger partial charge in [-0.25, -0.2) is 4.98 Å². The van der Waals surface area contributed by atoms with Crippen molar-refractivity contribution in [3.05, 3.63) is 54.2 Å². The molecule has 0 radical (unpaired) electrons. The zero-order chi connectivity index (χ0) is 24.5. The number of likely N-dealkylation sites (tertiary alicyclic amines) is 2. The number of pyridine rings is 1. The average Bonchev–Trinajstić information content (AvgIpc) is 3.27. The number of benzene rings is 1. The minimum Gasteiger partial charge on any atom is -0.487 e. The summed E-state index contributed by atoms with van der Waals surface area (Å²) in [6.45, 7) is 11.3. The smallest absolute Gasteiger partial charge is 0.246 e. The maximum Gasteiger partial charge on any atom is 0.246 e. The van der Waals surface area contributed by atoms with E-state index in [4.69, 9.17) is 9.47 Å². The van der Waals surface area contributed by atoms with E-state index in [1.54, 1.807) is 0 Å². The fourth-order valence-electron chi connectivity index (χ4n) is 5.91. The highest BCUT2D eigenvalue weighted by molar-refractivity contribution is 5.87. The molecule has 1 N–H and O–H groups in total. The van der Waals surface area contributed by atoms with Gasteiger partial charge in [0.1, 0.15) is 18.2 Å². The minimum absolute atomic E-state index is 0.0458. The molecular weight excluding hydrogens is 454 g/mol. The number of rotatable bonds is 4. The highest BCUT2D eigenvalue weighted by Crippen LogP contribution is 2.40. The first-order valence-corrected chi connectivity index (χ1v) is 13.2. The molecule has 8 heteroatoms. The van der Waals surface area contributed by atoms with Crippen LogP contribution in [0.3, 0.4) is 0 Å². The number of ether oxygens (including phenoxy) is 2. The lowest BCUT2D eigenvalue weighted by Gasteiger charge is -2.47. The van der Waals surface area contributed by atoms with Crippen LogP contribution in [0.25, 0.3) is 0 Å². The Bertz CT molecular complexity index is 1120. The van der Waals surface area contributed by atoms with Crippen molar-refractivity contribution in [2.45, 2.75) is 37.8 Å². The minimum atomic E-state index is 0.0458. The first kappa shape index (κ1) is 23.3. The van der Waals surface area contributed by atoms with Crippen LogP contribution in [-0.4, -0.2) is 79.2 Å². The maximum atomic E-state index is 11.8. The number of nitrogens with one attached hydrogen (secondary N) is 1. The zero-order valence-corrected chi connectivity index (χ0v) is 20.8. The summed E-state index contributed by atoms with van der Waals surface area (Å²) in [5.41, 5.74) is 4.64. The normalized spacial score (nSPS) is 21.2. The van der Waals surface area contributed by atoms with Crippen molar-refractivity contribution < 1.29 is 14.3 Å². The van der Waals surface area contributed by atoms with Gasteiger partial charge in [0.15, 0.2) is 0 Å². The number of hydrogen-bond acceptors (Lipinski definition) is 7. The molecule has 2 aromatic rings. The second-order valence-corrected chi connectivity index (χ2v) is 10.2. The van der Waals surface area contributed by atoms with Gasteiger partial charge in [0.25, 0.3) is 0 Å². The van der Waals surface area contributed by atoms with Gasteiger partial charge in [0.05, 0.1) is 17.9 Å². The lowest BCUT2D eigenvalue weighted by atomic mass is 9.88. The Morgan fingerprint density at radius 2 is 1.97 bits per heavy atom. The van der Waals surface area contributed by atoms with Gasteiger partial charge in [-0.2, -0.15) is 0 Å². The monoisotopic (exact) mass is 489 g/mol. The number of carbonyl (C=O) groups excluding carboxylic acids is 1. The van der Waals surface area contributed by atoms with Crippen molar-refractivity contribution in [1.29, 1.82) is 0 Å². The van der Waals surface area contributed by atoms with E-state index in [0.717, 1.165) is 94.6 Å². The first-order valence-electron chi connectivity index (χ1n) is 13.2. The summed E-state index contributed by atoms with van der Waals surface area (Å²) in [7, 11) is 0. The van der Waals surface area contributed by atoms with Gasteiger partial charge in [-0.05, 0) is 68.1 Å². The third-order valence-electron chi connectivity index (χ3n) is 8.09. The highest BCUT2D eigenvalue weighted by Gasteiger charge is 2.35. The van der Waals surface area contributed by atoms with E-state index in [2.05, 4.69) is 50.9 Å². The van der Waals surface area contributed by atoms with E-state index in [1.807, 2.05) is 11.1 Å². The molecule has 190 valence electrons. The van der Waals surface area contributed by atoms with Gasteiger partial charge in [0.2, 0.25) is 5.91 Å². The number of carbonyl (C=O) groups is 1. The highest BCUT2D eigenvalue weighted by atomic mass is 16.5. The van der Waals surface area contributed by atoms with Crippen LogP contribution < -0.4 is 15.0 Å². The van der Waals surface area contributed by atoms with Crippen LogP contribution >= 0.6 is 0 Å². The Labute approximate surface area is 212 Å². The molecule has 3 saturated heterocycles. The largest absolute Gasteiger partial charge is 0.487 e. The topological polar surface area (TPSA) is 70.2 Å². The molecule has 0 aliphatic carbocycles. The molecule has 8 nitrogen and oxygen atoms in total. The van der Waals surface area contributed by atoms with E-state index in [1.165, 1.54) is 17.3 Å². The third-order valence-corrected chi connectivity index (χ3v) is 8.09. The number of amides is 1. The van der Waals surface area contributed by atoms with Crippen LogP contribution in [0.5, 0.6) is 5.75 Å². The summed E-state index contributed by atoms with van der Waals surface area (Å²) in [4.78, 5) is 23.2. The number of piperidine rings is 1. The number of nitrogens with zero attached hydrogens (tertiary/aromatic N) is 4. The molecular formula is C28H35N5O3. The first-order chi connectivity index (χ1) is 17.7. The van der Waals surface area contributed by atoms with E-state index in [0.29, 0.717) is 18.6 Å². The predicted octanol–water partition coefficient (Wildman–Crippen LogP) is 3.52. The Hall–Kier alpha value is -3.10. The number of fused-ring (bicyclic) bond motifs is 2. The third kappa shape index (κ3) is 4.55. The molecule has 4 aliphatic heterocycles. The molecule has 3 fully saturated rings. The molecule has 1 aromatic heterocycles. The Kier molecular flexibility index (Phi) is 6.54. The number of aromatic nitrogens is 1. The summed E-state index contributed by atoms with van der Waals surface area (Å²) in [6.07, 6.45) is 6.59. The lowest BCUT2D eigenvalue weighted by molar-refractivity contribution is -0.133. The molecule has 0 spiro atoms. The molecule has 0 unspecified atom stereocenters. The van der Waals surface area contributed by atoms with E-state index < -0.39 is 0 Å². The molecule has 0 atom stereocenters. The van der Waals surface area contributed by atoms with Crippen LogP contribution in [0.15, 0.2) is 43.1 Å². The quantitative estimate of drug-likeness (QED) is 0.659. The van der Waals surface area contributed by atoms with Gasteiger partial charge in [-0.15, -0.1) is 0 Å². The molecule has 1 amide bonds. The maximum absolute atomic E-state index is 11.8.